The first-order valence-electron chi connectivity index (χ1n) is 6.82. The van der Waals surface area contributed by atoms with Crippen LogP contribution in [0.4, 0.5) is 11.8 Å². The van der Waals surface area contributed by atoms with Gasteiger partial charge in [0.2, 0.25) is 11.9 Å². The smallest absolute Gasteiger partial charge is 0.224 e. The lowest BCUT2D eigenvalue weighted by atomic mass is 10.3. The fourth-order valence-corrected chi connectivity index (χ4v) is 1.83. The predicted octanol–water partition coefficient (Wildman–Crippen LogP) is 2.39. The van der Waals surface area contributed by atoms with Gasteiger partial charge in [-0.25, -0.2) is 4.98 Å². The molecule has 0 atom stereocenters. The van der Waals surface area contributed by atoms with Gasteiger partial charge in [0.15, 0.2) is 0 Å². The van der Waals surface area contributed by atoms with Crippen molar-refractivity contribution in [1.29, 1.82) is 0 Å². The summed E-state index contributed by atoms with van der Waals surface area (Å²) in [7, 11) is 0. The van der Waals surface area contributed by atoms with Gasteiger partial charge in [0.05, 0.1) is 4.47 Å². The van der Waals surface area contributed by atoms with Crippen LogP contribution in [0.3, 0.4) is 0 Å². The van der Waals surface area contributed by atoms with Crippen molar-refractivity contribution < 1.29 is 4.79 Å². The molecule has 0 bridgehead atoms. The summed E-state index contributed by atoms with van der Waals surface area (Å²) in [4.78, 5) is 20.1. The number of carbonyl (C=O) groups excluding carboxylic acids is 1. The number of halogens is 1. The van der Waals surface area contributed by atoms with Crippen LogP contribution in [-0.4, -0.2) is 35.0 Å². The van der Waals surface area contributed by atoms with Gasteiger partial charge in [-0.3, -0.25) is 4.79 Å². The molecule has 0 spiro atoms. The van der Waals surface area contributed by atoms with Crippen molar-refractivity contribution in [2.24, 2.45) is 0 Å². The molecule has 1 aromatic rings. The number of aromatic nitrogens is 2. The van der Waals surface area contributed by atoms with Gasteiger partial charge in [0.25, 0.3) is 0 Å². The van der Waals surface area contributed by atoms with E-state index in [4.69, 9.17) is 0 Å². The van der Waals surface area contributed by atoms with Crippen LogP contribution in [0.25, 0.3) is 0 Å². The first kappa shape index (κ1) is 16.7. The molecule has 1 heterocycles. The monoisotopic (exact) mass is 343 g/mol. The minimum atomic E-state index is 0.0296. The molecular weight excluding hydrogens is 322 g/mol. The first-order valence-corrected chi connectivity index (χ1v) is 7.61. The van der Waals surface area contributed by atoms with E-state index in [1.54, 1.807) is 6.20 Å². The Morgan fingerprint density at radius 2 is 2.10 bits per heavy atom. The van der Waals surface area contributed by atoms with Gasteiger partial charge in [0.1, 0.15) is 5.82 Å². The Hall–Kier alpha value is -1.37. The van der Waals surface area contributed by atoms with E-state index in [1.165, 1.54) is 0 Å². The highest BCUT2D eigenvalue weighted by atomic mass is 79.9. The Labute approximate surface area is 128 Å². The van der Waals surface area contributed by atoms with Gasteiger partial charge in [-0.2, -0.15) is 4.98 Å². The van der Waals surface area contributed by atoms with Crippen molar-refractivity contribution in [2.45, 2.75) is 39.7 Å². The fourth-order valence-electron chi connectivity index (χ4n) is 1.50. The van der Waals surface area contributed by atoms with E-state index >= 15 is 0 Å². The molecule has 0 aromatic carbocycles. The molecule has 0 aliphatic heterocycles. The molecule has 6 nitrogen and oxygen atoms in total. The maximum absolute atomic E-state index is 11.5. The third kappa shape index (κ3) is 6.18. The summed E-state index contributed by atoms with van der Waals surface area (Å²) in [5.74, 6) is 1.31. The summed E-state index contributed by atoms with van der Waals surface area (Å²) >= 11 is 3.39. The molecule has 1 amide bonds. The van der Waals surface area contributed by atoms with Crippen molar-refractivity contribution in [3.8, 4) is 0 Å². The van der Waals surface area contributed by atoms with E-state index in [1.807, 2.05) is 13.8 Å². The van der Waals surface area contributed by atoms with E-state index in [-0.39, 0.29) is 11.9 Å². The Morgan fingerprint density at radius 1 is 1.35 bits per heavy atom. The summed E-state index contributed by atoms with van der Waals surface area (Å²) < 4.78 is 0.781. The maximum Gasteiger partial charge on any atom is 0.224 e. The van der Waals surface area contributed by atoms with Crippen molar-refractivity contribution in [1.82, 2.24) is 15.3 Å². The summed E-state index contributed by atoms with van der Waals surface area (Å²) in [6.07, 6.45) is 3.12. The average molecular weight is 344 g/mol. The third-order valence-corrected chi connectivity index (χ3v) is 2.95. The zero-order chi connectivity index (χ0) is 15.0. The summed E-state index contributed by atoms with van der Waals surface area (Å²) in [5, 5.41) is 9.11. The molecule has 0 saturated heterocycles. The number of hydrogen-bond donors (Lipinski definition) is 3. The number of nitrogens with one attached hydrogen (secondary N) is 3. The second-order valence-electron chi connectivity index (χ2n) is 4.72. The van der Waals surface area contributed by atoms with Crippen LogP contribution >= 0.6 is 15.9 Å². The van der Waals surface area contributed by atoms with Crippen LogP contribution < -0.4 is 16.0 Å². The van der Waals surface area contributed by atoms with Gasteiger partial charge >= 0.3 is 0 Å². The topological polar surface area (TPSA) is 78.9 Å². The highest BCUT2D eigenvalue weighted by Gasteiger charge is 2.06. The lowest BCUT2D eigenvalue weighted by Crippen LogP contribution is -2.31. The number of carbonyl (C=O) groups is 1. The third-order valence-electron chi connectivity index (χ3n) is 2.37. The Balaban J connectivity index is 2.48. The SMILES string of the molecule is CCCNc1ncc(Br)c(NCCC(=O)NC(C)C)n1. The summed E-state index contributed by atoms with van der Waals surface area (Å²) in [6.45, 7) is 7.33. The standard InChI is InChI=1S/C13H22BrN5O/c1-4-6-16-13-17-8-10(14)12(19-13)15-7-5-11(20)18-9(2)3/h8-9H,4-7H2,1-3H3,(H,18,20)(H2,15,16,17,19). The molecule has 7 heteroatoms. The quantitative estimate of drug-likeness (QED) is 0.675. The van der Waals surface area contributed by atoms with Gasteiger partial charge in [-0.15, -0.1) is 0 Å². The number of rotatable bonds is 8. The van der Waals surface area contributed by atoms with E-state index in [2.05, 4.69) is 48.8 Å². The van der Waals surface area contributed by atoms with E-state index in [0.29, 0.717) is 24.7 Å². The van der Waals surface area contributed by atoms with E-state index in [9.17, 15) is 4.79 Å². The molecule has 0 fully saturated rings. The van der Waals surface area contributed by atoms with Gasteiger partial charge in [0, 0.05) is 31.7 Å². The molecule has 1 aromatic heterocycles. The highest BCUT2D eigenvalue weighted by molar-refractivity contribution is 9.10. The summed E-state index contributed by atoms with van der Waals surface area (Å²) in [6, 6.07) is 0.165. The van der Waals surface area contributed by atoms with Crippen LogP contribution in [0.5, 0.6) is 0 Å². The van der Waals surface area contributed by atoms with Crippen LogP contribution in [-0.2, 0) is 4.79 Å². The first-order chi connectivity index (χ1) is 9.52. The second-order valence-corrected chi connectivity index (χ2v) is 5.57. The molecule has 1 rings (SSSR count). The number of hydrogen-bond acceptors (Lipinski definition) is 5. The zero-order valence-electron chi connectivity index (χ0n) is 12.2. The Kier molecular flexibility index (Phi) is 7.28. The molecule has 0 unspecified atom stereocenters. The molecule has 20 heavy (non-hydrogen) atoms. The van der Waals surface area contributed by atoms with Crippen molar-refractivity contribution in [2.75, 3.05) is 23.7 Å². The largest absolute Gasteiger partial charge is 0.368 e. The Morgan fingerprint density at radius 3 is 2.75 bits per heavy atom. The van der Waals surface area contributed by atoms with Crippen molar-refractivity contribution >= 4 is 33.6 Å². The van der Waals surface area contributed by atoms with Crippen LogP contribution in [0, 0.1) is 0 Å². The minimum Gasteiger partial charge on any atom is -0.368 e. The fraction of sp³-hybridized carbons (Fsp3) is 0.615. The molecule has 3 N–H and O–H groups in total. The lowest BCUT2D eigenvalue weighted by Gasteiger charge is -2.11. The zero-order valence-corrected chi connectivity index (χ0v) is 13.7. The highest BCUT2D eigenvalue weighted by Crippen LogP contribution is 2.19. The van der Waals surface area contributed by atoms with Gasteiger partial charge in [-0.1, -0.05) is 6.92 Å². The minimum absolute atomic E-state index is 0.0296. The van der Waals surface area contributed by atoms with Crippen LogP contribution in [0.15, 0.2) is 10.7 Å². The second kappa shape index (κ2) is 8.73. The van der Waals surface area contributed by atoms with E-state index in [0.717, 1.165) is 17.4 Å². The van der Waals surface area contributed by atoms with Crippen molar-refractivity contribution in [3.63, 3.8) is 0 Å². The number of anilines is 2. The lowest BCUT2D eigenvalue weighted by molar-refractivity contribution is -0.121. The number of amides is 1. The molecule has 0 aliphatic rings. The Bertz CT molecular complexity index is 439. The van der Waals surface area contributed by atoms with Gasteiger partial charge < -0.3 is 16.0 Å². The molecule has 0 radical (unpaired) electrons. The average Bonchev–Trinajstić information content (AvgIpc) is 2.38. The molecular formula is C13H22BrN5O. The normalized spacial score (nSPS) is 10.4. The van der Waals surface area contributed by atoms with E-state index < -0.39 is 0 Å². The summed E-state index contributed by atoms with van der Waals surface area (Å²) in [5.41, 5.74) is 0. The number of nitrogens with zero attached hydrogens (tertiary/aromatic N) is 2. The molecule has 112 valence electrons. The van der Waals surface area contributed by atoms with Crippen molar-refractivity contribution in [3.05, 3.63) is 10.7 Å². The van der Waals surface area contributed by atoms with Gasteiger partial charge in [-0.05, 0) is 36.2 Å². The predicted molar refractivity (Wildman–Crippen MR) is 84.9 cm³/mol. The van der Waals surface area contributed by atoms with Crippen LogP contribution in [0.2, 0.25) is 0 Å². The molecule has 0 saturated carbocycles. The van der Waals surface area contributed by atoms with Crippen LogP contribution in [0.1, 0.15) is 33.6 Å². The molecule has 0 aliphatic carbocycles. The maximum atomic E-state index is 11.5.